The molecular formula is C13H12F4N2O. The molecule has 1 aromatic carbocycles. The van der Waals surface area contributed by atoms with E-state index in [4.69, 9.17) is 5.11 Å². The first kappa shape index (κ1) is 14.5. The average Bonchev–Trinajstić information content (AvgIpc) is 2.72. The molecule has 3 nitrogen and oxygen atoms in total. The molecule has 2 rings (SSSR count). The van der Waals surface area contributed by atoms with Crippen LogP contribution in [-0.2, 0) is 19.1 Å². The lowest BCUT2D eigenvalue weighted by Crippen LogP contribution is -2.11. The molecule has 1 heterocycles. The summed E-state index contributed by atoms with van der Waals surface area (Å²) in [6.07, 6.45) is -3.47. The molecule has 0 unspecified atom stereocenters. The molecule has 1 aromatic heterocycles. The molecule has 0 aliphatic carbocycles. The number of aliphatic hydroxyl groups is 1. The Kier molecular flexibility index (Phi) is 4.08. The Balaban J connectivity index is 2.29. The number of halogens is 4. The average molecular weight is 288 g/mol. The zero-order chi connectivity index (χ0) is 14.8. The Morgan fingerprint density at radius 1 is 1.25 bits per heavy atom. The van der Waals surface area contributed by atoms with Crippen molar-refractivity contribution in [2.45, 2.75) is 19.1 Å². The summed E-state index contributed by atoms with van der Waals surface area (Å²) in [6, 6.07) is 5.57. The molecule has 0 bridgehead atoms. The van der Waals surface area contributed by atoms with Crippen LogP contribution in [0.4, 0.5) is 17.6 Å². The normalized spacial score (nSPS) is 11.8. The van der Waals surface area contributed by atoms with Crippen molar-refractivity contribution in [3.8, 4) is 0 Å². The molecule has 1 N–H and O–H groups in total. The highest BCUT2D eigenvalue weighted by atomic mass is 19.4. The zero-order valence-electron chi connectivity index (χ0n) is 10.4. The third-order valence-corrected chi connectivity index (χ3v) is 2.72. The van der Waals surface area contributed by atoms with Crippen molar-refractivity contribution in [1.82, 2.24) is 9.78 Å². The van der Waals surface area contributed by atoms with E-state index in [0.29, 0.717) is 5.56 Å². The van der Waals surface area contributed by atoms with Gasteiger partial charge in [0.25, 0.3) is 0 Å². The Labute approximate surface area is 112 Å². The van der Waals surface area contributed by atoms with Gasteiger partial charge in [0.15, 0.2) is 5.69 Å². The van der Waals surface area contributed by atoms with Crippen LogP contribution in [0, 0.1) is 5.82 Å². The molecule has 0 fully saturated rings. The van der Waals surface area contributed by atoms with E-state index in [0.717, 1.165) is 4.68 Å². The topological polar surface area (TPSA) is 38.0 Å². The van der Waals surface area contributed by atoms with Crippen molar-refractivity contribution in [3.63, 3.8) is 0 Å². The van der Waals surface area contributed by atoms with E-state index in [1.165, 1.54) is 24.4 Å². The number of hydrogen-bond donors (Lipinski definition) is 1. The fraction of sp³-hybridized carbons (Fsp3) is 0.308. The fourth-order valence-corrected chi connectivity index (χ4v) is 1.91. The van der Waals surface area contributed by atoms with E-state index in [9.17, 15) is 17.6 Å². The highest BCUT2D eigenvalue weighted by Crippen LogP contribution is 2.31. The van der Waals surface area contributed by atoms with Gasteiger partial charge in [-0.15, -0.1) is 0 Å². The van der Waals surface area contributed by atoms with Crippen LogP contribution in [0.1, 0.15) is 16.8 Å². The lowest BCUT2D eigenvalue weighted by Gasteiger charge is -2.04. The molecule has 0 amide bonds. The van der Waals surface area contributed by atoms with Gasteiger partial charge in [-0.2, -0.15) is 18.3 Å². The van der Waals surface area contributed by atoms with Crippen LogP contribution in [0.25, 0.3) is 0 Å². The molecule has 0 saturated heterocycles. The minimum Gasteiger partial charge on any atom is -0.396 e. The quantitative estimate of drug-likeness (QED) is 0.878. The Morgan fingerprint density at radius 3 is 2.60 bits per heavy atom. The molecule has 7 heteroatoms. The van der Waals surface area contributed by atoms with Gasteiger partial charge in [0.1, 0.15) is 5.82 Å². The van der Waals surface area contributed by atoms with Crippen LogP contribution in [0.5, 0.6) is 0 Å². The highest BCUT2D eigenvalue weighted by Gasteiger charge is 2.36. The van der Waals surface area contributed by atoms with Gasteiger partial charge in [0.05, 0.1) is 6.54 Å². The second-order valence-electron chi connectivity index (χ2n) is 4.30. The standard InChI is InChI=1S/C13H12F4N2O/c14-11-3-1-2-9(6-11)7-19-8-10(4-5-20)12(18-19)13(15,16)17/h1-3,6,8,20H,4-5,7H2. The van der Waals surface area contributed by atoms with E-state index in [1.807, 2.05) is 0 Å². The van der Waals surface area contributed by atoms with Crippen LogP contribution in [0.3, 0.4) is 0 Å². The van der Waals surface area contributed by atoms with Crippen molar-refractivity contribution >= 4 is 0 Å². The van der Waals surface area contributed by atoms with E-state index in [-0.39, 0.29) is 18.5 Å². The number of nitrogens with zero attached hydrogens (tertiary/aromatic N) is 2. The Morgan fingerprint density at radius 2 is 2.00 bits per heavy atom. The predicted octanol–water partition coefficient (Wildman–Crippen LogP) is 2.62. The summed E-state index contributed by atoms with van der Waals surface area (Å²) in [7, 11) is 0. The van der Waals surface area contributed by atoms with Crippen LogP contribution in [-0.4, -0.2) is 21.5 Å². The van der Waals surface area contributed by atoms with Gasteiger partial charge < -0.3 is 5.11 Å². The fourth-order valence-electron chi connectivity index (χ4n) is 1.91. The van der Waals surface area contributed by atoms with E-state index < -0.39 is 24.3 Å². The van der Waals surface area contributed by atoms with Crippen molar-refractivity contribution in [1.29, 1.82) is 0 Å². The number of alkyl halides is 3. The third-order valence-electron chi connectivity index (χ3n) is 2.72. The van der Waals surface area contributed by atoms with Crippen LogP contribution in [0.2, 0.25) is 0 Å². The van der Waals surface area contributed by atoms with Gasteiger partial charge in [-0.1, -0.05) is 12.1 Å². The van der Waals surface area contributed by atoms with Crippen LogP contribution < -0.4 is 0 Å². The lowest BCUT2D eigenvalue weighted by molar-refractivity contribution is -0.142. The van der Waals surface area contributed by atoms with E-state index in [1.54, 1.807) is 6.07 Å². The van der Waals surface area contributed by atoms with Gasteiger partial charge in [0, 0.05) is 18.4 Å². The summed E-state index contributed by atoms with van der Waals surface area (Å²) < 4.78 is 52.4. The first-order chi connectivity index (χ1) is 9.40. The van der Waals surface area contributed by atoms with Crippen LogP contribution in [0.15, 0.2) is 30.5 Å². The SMILES string of the molecule is OCCc1cn(Cc2cccc(F)c2)nc1C(F)(F)F. The number of aliphatic hydroxyl groups excluding tert-OH is 1. The summed E-state index contributed by atoms with van der Waals surface area (Å²) in [4.78, 5) is 0. The second kappa shape index (κ2) is 5.62. The first-order valence-electron chi connectivity index (χ1n) is 5.89. The molecule has 0 atom stereocenters. The molecule has 2 aromatic rings. The summed E-state index contributed by atoms with van der Waals surface area (Å²) >= 11 is 0. The number of rotatable bonds is 4. The summed E-state index contributed by atoms with van der Waals surface area (Å²) in [5.74, 6) is -0.457. The predicted molar refractivity (Wildman–Crippen MR) is 63.5 cm³/mol. The molecule has 0 aliphatic heterocycles. The van der Waals surface area contributed by atoms with E-state index >= 15 is 0 Å². The summed E-state index contributed by atoms with van der Waals surface area (Å²) in [5.41, 5.74) is -0.573. The van der Waals surface area contributed by atoms with Crippen molar-refractivity contribution in [3.05, 3.63) is 53.1 Å². The van der Waals surface area contributed by atoms with Crippen molar-refractivity contribution < 1.29 is 22.7 Å². The van der Waals surface area contributed by atoms with Gasteiger partial charge in [-0.25, -0.2) is 4.39 Å². The second-order valence-corrected chi connectivity index (χ2v) is 4.30. The zero-order valence-corrected chi connectivity index (χ0v) is 10.4. The van der Waals surface area contributed by atoms with Crippen LogP contribution >= 0.6 is 0 Å². The molecule has 0 spiro atoms. The number of hydrogen-bond acceptors (Lipinski definition) is 2. The minimum absolute atomic E-state index is 0.0340. The maximum absolute atomic E-state index is 13.0. The Hall–Kier alpha value is -1.89. The Bertz CT molecular complexity index is 592. The molecule has 0 saturated carbocycles. The maximum atomic E-state index is 13.0. The summed E-state index contributed by atoms with van der Waals surface area (Å²) in [6.45, 7) is -0.360. The molecule has 20 heavy (non-hydrogen) atoms. The van der Waals surface area contributed by atoms with E-state index in [2.05, 4.69) is 5.10 Å². The highest BCUT2D eigenvalue weighted by molar-refractivity contribution is 5.22. The molecule has 108 valence electrons. The molecule has 0 aliphatic rings. The summed E-state index contributed by atoms with van der Waals surface area (Å²) in [5, 5.41) is 12.3. The maximum Gasteiger partial charge on any atom is 0.435 e. The molecule has 0 radical (unpaired) electrons. The van der Waals surface area contributed by atoms with Gasteiger partial charge >= 0.3 is 6.18 Å². The van der Waals surface area contributed by atoms with Crippen molar-refractivity contribution in [2.75, 3.05) is 6.61 Å². The minimum atomic E-state index is -4.57. The third kappa shape index (κ3) is 3.36. The van der Waals surface area contributed by atoms with Gasteiger partial charge in [-0.3, -0.25) is 4.68 Å². The largest absolute Gasteiger partial charge is 0.435 e. The lowest BCUT2D eigenvalue weighted by atomic mass is 10.2. The van der Waals surface area contributed by atoms with Gasteiger partial charge in [-0.05, 0) is 24.1 Å². The van der Waals surface area contributed by atoms with Crippen molar-refractivity contribution in [2.24, 2.45) is 0 Å². The monoisotopic (exact) mass is 288 g/mol. The first-order valence-corrected chi connectivity index (χ1v) is 5.89. The number of benzene rings is 1. The molecular weight excluding hydrogens is 276 g/mol. The number of aromatic nitrogens is 2. The van der Waals surface area contributed by atoms with Gasteiger partial charge in [0.2, 0.25) is 0 Å². The smallest absolute Gasteiger partial charge is 0.396 e.